The van der Waals surface area contributed by atoms with E-state index in [0.717, 1.165) is 39.0 Å². The summed E-state index contributed by atoms with van der Waals surface area (Å²) in [7, 11) is 0. The minimum Gasteiger partial charge on any atom is -0.454 e. The third kappa shape index (κ3) is 4.06. The van der Waals surface area contributed by atoms with Crippen LogP contribution < -0.4 is 4.90 Å². The molecule has 224 valence electrons. The molecule has 10 rings (SSSR count). The van der Waals surface area contributed by atoms with Gasteiger partial charge in [0.05, 0.1) is 11.4 Å². The SMILES string of the molecule is c1ccc2c(-c3ccc(N(c4cccc5c4oc4ccccc45)c4cccc5ccc6c7ccccc7ccc6c45)cc3)cccc2c1. The Kier molecular flexibility index (Phi) is 5.91. The summed E-state index contributed by atoms with van der Waals surface area (Å²) < 4.78 is 6.66. The highest BCUT2D eigenvalue weighted by atomic mass is 16.3. The molecular weight excluding hydrogens is 583 g/mol. The Morgan fingerprint density at radius 3 is 1.83 bits per heavy atom. The van der Waals surface area contributed by atoms with Crippen LogP contribution in [-0.2, 0) is 0 Å². The molecule has 2 heteroatoms. The summed E-state index contributed by atoms with van der Waals surface area (Å²) in [6.07, 6.45) is 0. The van der Waals surface area contributed by atoms with Crippen molar-refractivity contribution >= 4 is 82.1 Å². The van der Waals surface area contributed by atoms with Gasteiger partial charge in [-0.3, -0.25) is 0 Å². The van der Waals surface area contributed by atoms with Gasteiger partial charge in [0.2, 0.25) is 0 Å². The van der Waals surface area contributed by atoms with Gasteiger partial charge in [-0.05, 0) is 79.2 Å². The van der Waals surface area contributed by atoms with E-state index in [9.17, 15) is 0 Å². The van der Waals surface area contributed by atoms with E-state index in [0.29, 0.717) is 0 Å². The minimum atomic E-state index is 0.875. The predicted molar refractivity (Wildman–Crippen MR) is 204 cm³/mol. The summed E-state index contributed by atoms with van der Waals surface area (Å²) >= 11 is 0. The summed E-state index contributed by atoms with van der Waals surface area (Å²) in [6, 6.07) is 63.3. The lowest BCUT2D eigenvalue weighted by Gasteiger charge is -2.27. The number of anilines is 3. The molecule has 2 nitrogen and oxygen atoms in total. The molecule has 0 aliphatic rings. The second-order valence-corrected chi connectivity index (χ2v) is 12.5. The number of hydrogen-bond acceptors (Lipinski definition) is 2. The van der Waals surface area contributed by atoms with Crippen LogP contribution in [0, 0.1) is 0 Å². The third-order valence-corrected chi connectivity index (χ3v) is 9.84. The molecule has 0 saturated carbocycles. The van der Waals surface area contributed by atoms with Gasteiger partial charge in [-0.15, -0.1) is 0 Å². The van der Waals surface area contributed by atoms with E-state index in [4.69, 9.17) is 4.42 Å². The van der Waals surface area contributed by atoms with Crippen LogP contribution >= 0.6 is 0 Å². The van der Waals surface area contributed by atoms with Crippen LogP contribution in [0.5, 0.6) is 0 Å². The molecule has 0 bridgehead atoms. The quantitative estimate of drug-likeness (QED) is 0.184. The molecule has 0 saturated heterocycles. The average molecular weight is 612 g/mol. The van der Waals surface area contributed by atoms with Crippen LogP contribution in [0.2, 0.25) is 0 Å². The Balaban J connectivity index is 1.26. The smallest absolute Gasteiger partial charge is 0.159 e. The van der Waals surface area contributed by atoms with Gasteiger partial charge in [-0.2, -0.15) is 0 Å². The maximum absolute atomic E-state index is 6.66. The maximum Gasteiger partial charge on any atom is 0.159 e. The van der Waals surface area contributed by atoms with Gasteiger partial charge in [0.1, 0.15) is 5.58 Å². The van der Waals surface area contributed by atoms with E-state index >= 15 is 0 Å². The second kappa shape index (κ2) is 10.6. The minimum absolute atomic E-state index is 0.875. The first kappa shape index (κ1) is 26.8. The number of hydrogen-bond donors (Lipinski definition) is 0. The van der Waals surface area contributed by atoms with Crippen LogP contribution in [0.15, 0.2) is 180 Å². The van der Waals surface area contributed by atoms with Crippen molar-refractivity contribution in [2.45, 2.75) is 0 Å². The van der Waals surface area contributed by atoms with Gasteiger partial charge in [-0.25, -0.2) is 0 Å². The zero-order valence-corrected chi connectivity index (χ0v) is 26.1. The molecule has 1 aromatic heterocycles. The standard InChI is InChI=1S/C46H29NO/c1-3-14-35-30(10-1)12-7-17-36(35)32-22-26-34(27-23-32)47(43-20-9-18-41-39-16-5-6-21-44(39)48-46(41)43)42-19-8-13-33-25-28-38-37-15-4-2-11-31(37)24-29-40(38)45(33)42/h1-29H. The lowest BCUT2D eigenvalue weighted by atomic mass is 9.95. The molecule has 0 spiro atoms. The number of fused-ring (bicyclic) bond motifs is 9. The highest BCUT2D eigenvalue weighted by Crippen LogP contribution is 2.46. The number of rotatable bonds is 4. The van der Waals surface area contributed by atoms with E-state index in [1.54, 1.807) is 0 Å². The Morgan fingerprint density at radius 2 is 0.958 bits per heavy atom. The molecule has 0 radical (unpaired) electrons. The highest BCUT2D eigenvalue weighted by Gasteiger charge is 2.22. The average Bonchev–Trinajstić information content (AvgIpc) is 3.54. The van der Waals surface area contributed by atoms with Gasteiger partial charge in [0.15, 0.2) is 5.58 Å². The molecule has 0 aliphatic heterocycles. The topological polar surface area (TPSA) is 16.4 Å². The van der Waals surface area contributed by atoms with E-state index in [-0.39, 0.29) is 0 Å². The van der Waals surface area contributed by atoms with E-state index in [2.05, 4.69) is 175 Å². The highest BCUT2D eigenvalue weighted by molar-refractivity contribution is 6.22. The summed E-state index contributed by atoms with van der Waals surface area (Å²) in [6.45, 7) is 0. The van der Waals surface area contributed by atoms with E-state index in [1.807, 2.05) is 6.07 Å². The first-order chi connectivity index (χ1) is 23.8. The van der Waals surface area contributed by atoms with Crippen molar-refractivity contribution in [1.82, 2.24) is 0 Å². The van der Waals surface area contributed by atoms with Gasteiger partial charge in [0, 0.05) is 21.8 Å². The predicted octanol–water partition coefficient (Wildman–Crippen LogP) is 13.3. The van der Waals surface area contributed by atoms with Gasteiger partial charge in [-0.1, -0.05) is 146 Å². The molecule has 9 aromatic carbocycles. The molecule has 48 heavy (non-hydrogen) atoms. The Hall–Kier alpha value is -6.38. The fourth-order valence-electron chi connectivity index (χ4n) is 7.63. The molecule has 0 fully saturated rings. The Bertz CT molecular complexity index is 2840. The third-order valence-electron chi connectivity index (χ3n) is 9.84. The molecule has 0 N–H and O–H groups in total. The summed E-state index contributed by atoms with van der Waals surface area (Å²) in [4.78, 5) is 2.38. The lowest BCUT2D eigenvalue weighted by molar-refractivity contribution is 0.669. The molecule has 1 heterocycles. The fraction of sp³-hybridized carbons (Fsp3) is 0. The summed E-state index contributed by atoms with van der Waals surface area (Å²) in [5, 5.41) is 12.1. The summed E-state index contributed by atoms with van der Waals surface area (Å²) in [5.74, 6) is 0. The Morgan fingerprint density at radius 1 is 0.354 bits per heavy atom. The van der Waals surface area contributed by atoms with Crippen molar-refractivity contribution < 1.29 is 4.42 Å². The van der Waals surface area contributed by atoms with Crippen molar-refractivity contribution in [1.29, 1.82) is 0 Å². The zero-order chi connectivity index (χ0) is 31.6. The van der Waals surface area contributed by atoms with E-state index in [1.165, 1.54) is 54.2 Å². The monoisotopic (exact) mass is 611 g/mol. The zero-order valence-electron chi connectivity index (χ0n) is 26.1. The number of furan rings is 1. The van der Waals surface area contributed by atoms with Crippen molar-refractivity contribution in [2.24, 2.45) is 0 Å². The first-order valence-corrected chi connectivity index (χ1v) is 16.4. The van der Waals surface area contributed by atoms with Crippen molar-refractivity contribution in [3.05, 3.63) is 176 Å². The number of para-hydroxylation sites is 2. The van der Waals surface area contributed by atoms with Crippen LogP contribution in [0.25, 0.3) is 76.2 Å². The largest absolute Gasteiger partial charge is 0.454 e. The molecule has 0 aliphatic carbocycles. The molecular formula is C46H29NO. The van der Waals surface area contributed by atoms with Crippen molar-refractivity contribution in [2.75, 3.05) is 4.90 Å². The van der Waals surface area contributed by atoms with Crippen LogP contribution in [0.3, 0.4) is 0 Å². The summed E-state index contributed by atoms with van der Waals surface area (Å²) in [5.41, 5.74) is 7.37. The van der Waals surface area contributed by atoms with Gasteiger partial charge >= 0.3 is 0 Å². The Labute approximate surface area is 277 Å². The van der Waals surface area contributed by atoms with Crippen LogP contribution in [0.4, 0.5) is 17.1 Å². The van der Waals surface area contributed by atoms with Gasteiger partial charge < -0.3 is 9.32 Å². The van der Waals surface area contributed by atoms with Crippen LogP contribution in [-0.4, -0.2) is 0 Å². The van der Waals surface area contributed by atoms with Crippen LogP contribution in [0.1, 0.15) is 0 Å². The molecule has 0 unspecified atom stereocenters. The second-order valence-electron chi connectivity index (χ2n) is 12.5. The normalized spacial score (nSPS) is 11.8. The van der Waals surface area contributed by atoms with Gasteiger partial charge in [0.25, 0.3) is 0 Å². The lowest BCUT2D eigenvalue weighted by Crippen LogP contribution is -2.11. The number of nitrogens with zero attached hydrogens (tertiary/aromatic N) is 1. The fourth-order valence-corrected chi connectivity index (χ4v) is 7.63. The molecule has 0 atom stereocenters. The van der Waals surface area contributed by atoms with Crippen molar-refractivity contribution in [3.63, 3.8) is 0 Å². The molecule has 0 amide bonds. The van der Waals surface area contributed by atoms with Crippen molar-refractivity contribution in [3.8, 4) is 11.1 Å². The first-order valence-electron chi connectivity index (χ1n) is 16.4. The maximum atomic E-state index is 6.66. The molecule has 10 aromatic rings. The van der Waals surface area contributed by atoms with E-state index < -0.39 is 0 Å². The number of benzene rings is 9.